The summed E-state index contributed by atoms with van der Waals surface area (Å²) in [6.45, 7) is 3.15. The average molecular weight is 351 g/mol. The van der Waals surface area contributed by atoms with Gasteiger partial charge >= 0.3 is 5.97 Å². The molecule has 1 unspecified atom stereocenters. The minimum absolute atomic E-state index is 0.148. The van der Waals surface area contributed by atoms with Crippen molar-refractivity contribution in [1.29, 1.82) is 0 Å². The second-order valence-corrected chi connectivity index (χ2v) is 8.55. The third kappa shape index (κ3) is 3.67. The van der Waals surface area contributed by atoms with E-state index in [1.807, 2.05) is 43.3 Å². The molecule has 0 saturated carbocycles. The highest BCUT2D eigenvalue weighted by Gasteiger charge is 2.47. The monoisotopic (exact) mass is 351 g/mol. The van der Waals surface area contributed by atoms with Crippen LogP contribution in [0.25, 0.3) is 6.08 Å². The minimum atomic E-state index is -3.78. The van der Waals surface area contributed by atoms with E-state index in [0.29, 0.717) is 12.1 Å². The number of benzene rings is 1. The number of carbonyl (C=O) groups is 1. The van der Waals surface area contributed by atoms with Crippen molar-refractivity contribution in [2.45, 2.75) is 37.5 Å². The summed E-state index contributed by atoms with van der Waals surface area (Å²) in [7, 11) is -3.78. The Balaban J connectivity index is 2.10. The van der Waals surface area contributed by atoms with Gasteiger partial charge in [0.25, 0.3) is 0 Å². The molecule has 1 aliphatic heterocycles. The van der Waals surface area contributed by atoms with Gasteiger partial charge in [-0.2, -0.15) is 0 Å². The number of rotatable bonds is 6. The first-order valence-corrected chi connectivity index (χ1v) is 9.45. The molecule has 0 amide bonds. The van der Waals surface area contributed by atoms with Crippen molar-refractivity contribution in [3.05, 3.63) is 41.5 Å². The van der Waals surface area contributed by atoms with Crippen molar-refractivity contribution < 1.29 is 23.2 Å². The summed E-state index contributed by atoms with van der Waals surface area (Å²) in [6.07, 6.45) is 4.50. The fraction of sp³-hybridized carbons (Fsp3) is 0.412. The second kappa shape index (κ2) is 6.76. The first kappa shape index (κ1) is 18.2. The summed E-state index contributed by atoms with van der Waals surface area (Å²) >= 11 is 0. The molecule has 1 aliphatic rings. The van der Waals surface area contributed by atoms with E-state index in [1.165, 1.54) is 6.92 Å². The van der Waals surface area contributed by atoms with E-state index in [2.05, 4.69) is 5.16 Å². The van der Waals surface area contributed by atoms with E-state index in [9.17, 15) is 18.3 Å². The van der Waals surface area contributed by atoms with Gasteiger partial charge in [-0.1, -0.05) is 41.6 Å². The van der Waals surface area contributed by atoms with Crippen molar-refractivity contribution in [2.24, 2.45) is 5.16 Å². The van der Waals surface area contributed by atoms with Crippen LogP contribution in [0.5, 0.6) is 0 Å². The van der Waals surface area contributed by atoms with E-state index in [-0.39, 0.29) is 6.42 Å². The van der Waals surface area contributed by atoms with Crippen molar-refractivity contribution in [1.82, 2.24) is 0 Å². The summed E-state index contributed by atoms with van der Waals surface area (Å²) in [5.41, 5.74) is 2.63. The molecule has 7 heteroatoms. The van der Waals surface area contributed by atoms with Crippen LogP contribution in [0.1, 0.15) is 37.8 Å². The Kier molecular flexibility index (Phi) is 5.13. The van der Waals surface area contributed by atoms with E-state index in [1.54, 1.807) is 0 Å². The SMILES string of the molecule is C/C=C\c1ccc(C2=NO[C@@H](CC(C)(C(=O)O)S(C)(=O)=O)C2)cc1. The third-order valence-corrected chi connectivity index (χ3v) is 6.20. The Bertz CT molecular complexity index is 780. The molecule has 0 spiro atoms. The lowest BCUT2D eigenvalue weighted by Gasteiger charge is -2.24. The minimum Gasteiger partial charge on any atom is -0.480 e. The lowest BCUT2D eigenvalue weighted by molar-refractivity contribution is -0.140. The zero-order valence-corrected chi connectivity index (χ0v) is 14.7. The van der Waals surface area contributed by atoms with E-state index in [4.69, 9.17) is 4.84 Å². The first-order chi connectivity index (χ1) is 11.2. The quantitative estimate of drug-likeness (QED) is 0.850. The molecule has 1 aromatic rings. The number of allylic oxidation sites excluding steroid dienone is 1. The maximum Gasteiger partial charge on any atom is 0.324 e. The number of carboxylic acids is 1. The number of hydrogen-bond donors (Lipinski definition) is 1. The van der Waals surface area contributed by atoms with Gasteiger partial charge in [-0.15, -0.1) is 0 Å². The molecule has 0 saturated heterocycles. The normalized spacial score (nSPS) is 20.5. The van der Waals surface area contributed by atoms with Crippen LogP contribution in [-0.4, -0.2) is 42.3 Å². The third-order valence-electron chi connectivity index (χ3n) is 4.22. The summed E-state index contributed by atoms with van der Waals surface area (Å²) in [6, 6.07) is 7.71. The molecule has 0 bridgehead atoms. The maximum absolute atomic E-state index is 11.9. The van der Waals surface area contributed by atoms with Gasteiger partial charge in [-0.05, 0) is 25.0 Å². The zero-order chi connectivity index (χ0) is 18.0. The molecular formula is C17H21NO5S. The van der Waals surface area contributed by atoms with Crippen LogP contribution < -0.4 is 0 Å². The highest BCUT2D eigenvalue weighted by molar-refractivity contribution is 7.92. The van der Waals surface area contributed by atoms with Crippen molar-refractivity contribution in [3.63, 3.8) is 0 Å². The predicted octanol–water partition coefficient (Wildman–Crippen LogP) is 2.49. The van der Waals surface area contributed by atoms with Crippen LogP contribution in [0.4, 0.5) is 0 Å². The molecule has 2 atom stereocenters. The molecule has 0 fully saturated rings. The molecule has 2 rings (SSSR count). The van der Waals surface area contributed by atoms with Crippen molar-refractivity contribution >= 4 is 27.6 Å². The molecule has 0 radical (unpaired) electrons. The Morgan fingerprint density at radius 1 is 1.42 bits per heavy atom. The van der Waals surface area contributed by atoms with Gasteiger partial charge in [0.15, 0.2) is 14.6 Å². The highest BCUT2D eigenvalue weighted by atomic mass is 32.2. The summed E-state index contributed by atoms with van der Waals surface area (Å²) in [5.74, 6) is -1.38. The fourth-order valence-corrected chi connectivity index (χ4v) is 3.32. The van der Waals surface area contributed by atoms with Crippen LogP contribution in [0.2, 0.25) is 0 Å². The lowest BCUT2D eigenvalue weighted by Crippen LogP contribution is -2.45. The number of sulfone groups is 1. The van der Waals surface area contributed by atoms with E-state index in [0.717, 1.165) is 17.4 Å². The smallest absolute Gasteiger partial charge is 0.324 e. The molecule has 130 valence electrons. The first-order valence-electron chi connectivity index (χ1n) is 7.56. The van der Waals surface area contributed by atoms with Crippen LogP contribution in [-0.2, 0) is 19.5 Å². The molecule has 1 aromatic carbocycles. The van der Waals surface area contributed by atoms with Crippen molar-refractivity contribution in [3.8, 4) is 0 Å². The lowest BCUT2D eigenvalue weighted by atomic mass is 9.97. The Morgan fingerprint density at radius 3 is 2.54 bits per heavy atom. The van der Waals surface area contributed by atoms with E-state index < -0.39 is 26.7 Å². The largest absolute Gasteiger partial charge is 0.480 e. The Hall–Kier alpha value is -2.15. The Morgan fingerprint density at radius 2 is 2.04 bits per heavy atom. The standard InChI is InChI=1S/C17H21NO5S/c1-4-5-12-6-8-13(9-7-12)15-10-14(23-18-15)11-17(2,16(19)20)24(3,21)22/h4-9,14H,10-11H2,1-3H3,(H,19,20)/b5-4-/t14-,17?/m1/s1. The van der Waals surface area contributed by atoms with Crippen molar-refractivity contribution in [2.75, 3.05) is 6.26 Å². The topological polar surface area (TPSA) is 93.0 Å². The molecule has 24 heavy (non-hydrogen) atoms. The summed E-state index contributed by atoms with van der Waals surface area (Å²) in [5, 5.41) is 13.3. The predicted molar refractivity (Wildman–Crippen MR) is 92.7 cm³/mol. The molecular weight excluding hydrogens is 330 g/mol. The fourth-order valence-electron chi connectivity index (χ4n) is 2.52. The molecule has 1 N–H and O–H groups in total. The molecule has 0 aromatic heterocycles. The number of oxime groups is 1. The summed E-state index contributed by atoms with van der Waals surface area (Å²) in [4.78, 5) is 16.7. The number of carboxylic acid groups (broad SMARTS) is 1. The van der Waals surface area contributed by atoms with Gasteiger partial charge in [0.1, 0.15) is 6.10 Å². The van der Waals surface area contributed by atoms with Crippen LogP contribution in [0.15, 0.2) is 35.5 Å². The maximum atomic E-state index is 11.9. The van der Waals surface area contributed by atoms with Crippen LogP contribution in [0.3, 0.4) is 0 Å². The average Bonchev–Trinajstić information content (AvgIpc) is 2.95. The van der Waals surface area contributed by atoms with Gasteiger partial charge in [0.05, 0.1) is 5.71 Å². The van der Waals surface area contributed by atoms with E-state index >= 15 is 0 Å². The second-order valence-electron chi connectivity index (χ2n) is 6.10. The van der Waals surface area contributed by atoms with Gasteiger partial charge in [-0.3, -0.25) is 4.79 Å². The van der Waals surface area contributed by atoms with Gasteiger partial charge in [0.2, 0.25) is 0 Å². The molecule has 6 nitrogen and oxygen atoms in total. The van der Waals surface area contributed by atoms with Crippen LogP contribution >= 0.6 is 0 Å². The number of hydrogen-bond acceptors (Lipinski definition) is 5. The van der Waals surface area contributed by atoms with Gasteiger partial charge in [-0.25, -0.2) is 8.42 Å². The highest BCUT2D eigenvalue weighted by Crippen LogP contribution is 2.29. The number of aliphatic carboxylic acids is 1. The Labute approximate surface area is 141 Å². The number of nitrogens with zero attached hydrogens (tertiary/aromatic N) is 1. The molecule has 1 heterocycles. The zero-order valence-electron chi connectivity index (χ0n) is 13.9. The van der Waals surface area contributed by atoms with Crippen LogP contribution in [0, 0.1) is 0 Å². The summed E-state index contributed by atoms with van der Waals surface area (Å²) < 4.78 is 21.8. The van der Waals surface area contributed by atoms with Gasteiger partial charge < -0.3 is 9.94 Å². The molecule has 0 aliphatic carbocycles. The van der Waals surface area contributed by atoms with Gasteiger partial charge in [0, 0.05) is 19.1 Å².